The Morgan fingerprint density at radius 2 is 2.30 bits per heavy atom. The predicted molar refractivity (Wildman–Crippen MR) is 82.7 cm³/mol. The average molecular weight is 337 g/mol. The molecule has 2 aromatic rings. The number of carbonyl (C=O) groups excluding carboxylic acids is 1. The van der Waals surface area contributed by atoms with E-state index in [-0.39, 0.29) is 16.6 Å². The van der Waals surface area contributed by atoms with Crippen LogP contribution in [0.15, 0.2) is 18.3 Å². The first kappa shape index (κ1) is 15.3. The van der Waals surface area contributed by atoms with E-state index in [2.05, 4.69) is 15.5 Å². The number of nitro groups is 1. The fourth-order valence-electron chi connectivity index (χ4n) is 2.77. The van der Waals surface area contributed by atoms with E-state index in [9.17, 15) is 20.0 Å². The number of amides is 1. The molecule has 1 unspecified atom stereocenters. The van der Waals surface area contributed by atoms with Gasteiger partial charge in [0.15, 0.2) is 0 Å². The van der Waals surface area contributed by atoms with Crippen LogP contribution in [0.4, 0.5) is 11.4 Å². The molecule has 3 rings (SSSR count). The van der Waals surface area contributed by atoms with Gasteiger partial charge in [0.05, 0.1) is 22.7 Å². The van der Waals surface area contributed by atoms with Gasteiger partial charge in [-0.3, -0.25) is 20.0 Å². The minimum Gasteiger partial charge on any atom is -0.501 e. The number of hydrogen-bond acceptors (Lipinski definition) is 5. The smallest absolute Gasteiger partial charge is 0.314 e. The molecule has 1 aromatic heterocycles. The third kappa shape index (κ3) is 2.85. The Hall–Kier alpha value is -2.61. The zero-order chi connectivity index (χ0) is 16.6. The summed E-state index contributed by atoms with van der Waals surface area (Å²) in [6, 6.07) is 2.31. The molecule has 0 spiro atoms. The van der Waals surface area contributed by atoms with E-state index < -0.39 is 22.3 Å². The number of phenolic OH excluding ortho intramolecular Hbond substituents is 1. The summed E-state index contributed by atoms with van der Waals surface area (Å²) in [5.74, 6) is -1.40. The van der Waals surface area contributed by atoms with Crippen LogP contribution in [0, 0.1) is 10.1 Å². The maximum absolute atomic E-state index is 12.5. The maximum atomic E-state index is 12.5. The Morgan fingerprint density at radius 1 is 1.52 bits per heavy atom. The Morgan fingerprint density at radius 3 is 3.04 bits per heavy atom. The number of aromatic nitrogens is 2. The summed E-state index contributed by atoms with van der Waals surface area (Å²) in [6.07, 6.45) is 3.91. The number of aromatic hydroxyl groups is 1. The fourth-order valence-corrected chi connectivity index (χ4v) is 2.99. The van der Waals surface area contributed by atoms with E-state index in [4.69, 9.17) is 11.6 Å². The molecule has 9 heteroatoms. The molecule has 0 saturated carbocycles. The molecule has 0 bridgehead atoms. The van der Waals surface area contributed by atoms with Crippen LogP contribution in [-0.4, -0.2) is 26.1 Å². The zero-order valence-electron chi connectivity index (χ0n) is 11.9. The molecule has 1 aromatic carbocycles. The van der Waals surface area contributed by atoms with Crippen molar-refractivity contribution in [2.45, 2.75) is 25.2 Å². The lowest BCUT2D eigenvalue weighted by Gasteiger charge is -2.21. The van der Waals surface area contributed by atoms with Gasteiger partial charge in [0.1, 0.15) is 0 Å². The van der Waals surface area contributed by atoms with Crippen LogP contribution in [0.2, 0.25) is 5.02 Å². The number of nitrogens with one attached hydrogen (secondary N) is 2. The van der Waals surface area contributed by atoms with Crippen molar-refractivity contribution in [2.24, 2.45) is 0 Å². The van der Waals surface area contributed by atoms with Gasteiger partial charge in [-0.1, -0.05) is 11.6 Å². The van der Waals surface area contributed by atoms with Crippen LogP contribution in [0.25, 0.3) is 0 Å². The van der Waals surface area contributed by atoms with Crippen molar-refractivity contribution in [1.29, 1.82) is 0 Å². The van der Waals surface area contributed by atoms with E-state index in [1.54, 1.807) is 6.20 Å². The summed E-state index contributed by atoms with van der Waals surface area (Å²) in [6.45, 7) is 0. The van der Waals surface area contributed by atoms with Crippen LogP contribution in [0.5, 0.6) is 5.75 Å². The minimum absolute atomic E-state index is 0.0532. The number of halogens is 1. The van der Waals surface area contributed by atoms with Crippen molar-refractivity contribution < 1.29 is 14.8 Å². The molecule has 1 atom stereocenters. The topological polar surface area (TPSA) is 121 Å². The van der Waals surface area contributed by atoms with Gasteiger partial charge in [-0.05, 0) is 25.3 Å². The van der Waals surface area contributed by atoms with Crippen molar-refractivity contribution in [1.82, 2.24) is 10.2 Å². The zero-order valence-corrected chi connectivity index (χ0v) is 12.6. The second kappa shape index (κ2) is 5.88. The van der Waals surface area contributed by atoms with E-state index in [0.29, 0.717) is 6.42 Å². The van der Waals surface area contributed by atoms with Crippen molar-refractivity contribution in [2.75, 3.05) is 5.32 Å². The molecule has 0 radical (unpaired) electrons. The molecule has 1 amide bonds. The third-order valence-corrected chi connectivity index (χ3v) is 4.09. The molecule has 8 nitrogen and oxygen atoms in total. The first-order valence-electron chi connectivity index (χ1n) is 6.97. The molecule has 1 aliphatic rings. The van der Waals surface area contributed by atoms with Crippen molar-refractivity contribution in [3.63, 3.8) is 0 Å². The van der Waals surface area contributed by atoms with Gasteiger partial charge >= 0.3 is 5.69 Å². The quantitative estimate of drug-likeness (QED) is 0.452. The molecule has 3 N–H and O–H groups in total. The second-order valence-electron chi connectivity index (χ2n) is 5.32. The molecule has 1 heterocycles. The average Bonchev–Trinajstić information content (AvgIpc) is 2.98. The molecule has 0 fully saturated rings. The monoisotopic (exact) mass is 336 g/mol. The van der Waals surface area contributed by atoms with E-state index in [0.717, 1.165) is 30.2 Å². The summed E-state index contributed by atoms with van der Waals surface area (Å²) in [7, 11) is 0. The summed E-state index contributed by atoms with van der Waals surface area (Å²) >= 11 is 5.82. The number of nitro benzene ring substituents is 1. The van der Waals surface area contributed by atoms with Crippen LogP contribution in [-0.2, 0) is 11.2 Å². The third-order valence-electron chi connectivity index (χ3n) is 3.87. The number of aryl methyl sites for hydroxylation is 1. The summed E-state index contributed by atoms with van der Waals surface area (Å²) in [5.41, 5.74) is 1.09. The number of benzene rings is 1. The number of H-pyrrole nitrogens is 1. The Labute approximate surface area is 135 Å². The molecule has 0 aliphatic heterocycles. The number of rotatable bonds is 3. The van der Waals surface area contributed by atoms with Crippen LogP contribution >= 0.6 is 11.6 Å². The van der Waals surface area contributed by atoms with Gasteiger partial charge in [-0.2, -0.15) is 5.10 Å². The van der Waals surface area contributed by atoms with Gasteiger partial charge in [-0.15, -0.1) is 0 Å². The largest absolute Gasteiger partial charge is 0.501 e. The number of nitrogens with zero attached hydrogens (tertiary/aromatic N) is 2. The molecule has 0 saturated heterocycles. The second-order valence-corrected chi connectivity index (χ2v) is 5.75. The summed E-state index contributed by atoms with van der Waals surface area (Å²) in [5, 5.41) is 30.2. The number of aromatic amines is 1. The molecular weight excluding hydrogens is 324 g/mol. The number of anilines is 1. The Kier molecular flexibility index (Phi) is 3.91. The number of fused-ring (bicyclic) bond motifs is 1. The predicted octanol–water partition coefficient (Wildman–Crippen LogP) is 2.74. The number of phenols is 1. The van der Waals surface area contributed by atoms with Crippen LogP contribution in [0.1, 0.15) is 30.0 Å². The number of carbonyl (C=O) groups is 1. The Bertz CT molecular complexity index is 789. The van der Waals surface area contributed by atoms with E-state index in [1.165, 1.54) is 6.07 Å². The lowest BCUT2D eigenvalue weighted by molar-refractivity contribution is -0.385. The molecular formula is C14H13ClN4O4. The highest BCUT2D eigenvalue weighted by atomic mass is 35.5. The van der Waals surface area contributed by atoms with Crippen molar-refractivity contribution in [3.8, 4) is 5.75 Å². The standard InChI is InChI=1S/C14H13ClN4O4/c15-7-4-11(13(20)12(5-7)19(22)23)17-14(21)8-2-1-3-10-9(8)6-16-18-10/h4-6,8,20H,1-3H2,(H,16,18)(H,17,21). The maximum Gasteiger partial charge on any atom is 0.314 e. The van der Waals surface area contributed by atoms with Gasteiger partial charge < -0.3 is 10.4 Å². The summed E-state index contributed by atoms with van der Waals surface area (Å²) in [4.78, 5) is 22.6. The summed E-state index contributed by atoms with van der Waals surface area (Å²) < 4.78 is 0. The van der Waals surface area contributed by atoms with Gasteiger partial charge in [0.25, 0.3) is 0 Å². The fraction of sp³-hybridized carbons (Fsp3) is 0.286. The van der Waals surface area contributed by atoms with Crippen LogP contribution in [0.3, 0.4) is 0 Å². The minimum atomic E-state index is -0.758. The van der Waals surface area contributed by atoms with E-state index >= 15 is 0 Å². The lowest BCUT2D eigenvalue weighted by atomic mass is 9.86. The Balaban J connectivity index is 1.89. The first-order valence-corrected chi connectivity index (χ1v) is 7.35. The number of hydrogen-bond donors (Lipinski definition) is 3. The van der Waals surface area contributed by atoms with Gasteiger partial charge in [0.2, 0.25) is 11.7 Å². The van der Waals surface area contributed by atoms with E-state index in [1.807, 2.05) is 0 Å². The SMILES string of the molecule is O=C(Nc1cc(Cl)cc([N+](=O)[O-])c1O)C1CCCc2[nH]ncc21. The highest BCUT2D eigenvalue weighted by Gasteiger charge is 2.29. The highest BCUT2D eigenvalue weighted by molar-refractivity contribution is 6.31. The van der Waals surface area contributed by atoms with Gasteiger partial charge in [0, 0.05) is 22.3 Å². The molecule has 120 valence electrons. The highest BCUT2D eigenvalue weighted by Crippen LogP contribution is 2.38. The normalized spacial score (nSPS) is 16.7. The molecule has 23 heavy (non-hydrogen) atoms. The first-order chi connectivity index (χ1) is 11.0. The van der Waals surface area contributed by atoms with Crippen molar-refractivity contribution >= 4 is 28.9 Å². The van der Waals surface area contributed by atoms with Crippen molar-refractivity contribution in [3.05, 3.63) is 44.7 Å². The van der Waals surface area contributed by atoms with Gasteiger partial charge in [-0.25, -0.2) is 0 Å². The molecule has 1 aliphatic carbocycles. The van der Waals surface area contributed by atoms with Crippen LogP contribution < -0.4 is 5.32 Å². The lowest BCUT2D eigenvalue weighted by Crippen LogP contribution is -2.24.